The molecule has 1 fully saturated rings. The number of likely N-dealkylation sites (tertiary alicyclic amines) is 1. The van der Waals surface area contributed by atoms with Crippen LogP contribution in [0.4, 0.5) is 5.69 Å². The Kier molecular flexibility index (Phi) is 8.76. The summed E-state index contributed by atoms with van der Waals surface area (Å²) in [5.41, 5.74) is 2.16. The third kappa shape index (κ3) is 6.11. The number of amides is 2. The lowest BCUT2D eigenvalue weighted by Crippen LogP contribution is -2.40. The molecule has 2 aromatic carbocycles. The van der Waals surface area contributed by atoms with Crippen molar-refractivity contribution in [2.24, 2.45) is 4.99 Å². The van der Waals surface area contributed by atoms with E-state index in [0.29, 0.717) is 44.4 Å². The zero-order chi connectivity index (χ0) is 30.6. The lowest BCUT2D eigenvalue weighted by molar-refractivity contribution is -0.132. The average Bonchev–Trinajstić information content (AvgIpc) is 3.80. The summed E-state index contributed by atoms with van der Waals surface area (Å²) in [5, 5.41) is 4.90. The van der Waals surface area contributed by atoms with Crippen molar-refractivity contribution >= 4 is 46.3 Å². The molecule has 0 spiro atoms. The first-order valence-corrected chi connectivity index (χ1v) is 16.2. The molecule has 2 amide bonds. The van der Waals surface area contributed by atoms with Gasteiger partial charge in [0.25, 0.3) is 17.4 Å². The number of benzene rings is 2. The van der Waals surface area contributed by atoms with Crippen molar-refractivity contribution in [3.05, 3.63) is 107 Å². The van der Waals surface area contributed by atoms with Crippen molar-refractivity contribution in [2.45, 2.75) is 32.7 Å². The SMILES string of the molecule is CCOc1cc(/C=c2/sc3n(c2=O)[C@@H](c2cccs2)C(C(=O)Nc2ccccc2)=C(C)N=3)ccc1OCC(=O)N1CCCC1. The molecule has 6 rings (SSSR count). The number of thiophene rings is 1. The maximum absolute atomic E-state index is 14.0. The molecule has 0 bridgehead atoms. The van der Waals surface area contributed by atoms with E-state index in [1.807, 2.05) is 65.7 Å². The van der Waals surface area contributed by atoms with Crippen LogP contribution in [0.5, 0.6) is 11.5 Å². The zero-order valence-corrected chi connectivity index (χ0v) is 26.1. The van der Waals surface area contributed by atoms with E-state index in [-0.39, 0.29) is 24.0 Å². The first kappa shape index (κ1) is 29.6. The second-order valence-corrected chi connectivity index (χ2v) is 12.4. The number of allylic oxidation sites excluding steroid dienone is 1. The summed E-state index contributed by atoms with van der Waals surface area (Å²) in [5.74, 6) is 0.628. The monoisotopic (exact) mass is 628 g/mol. The van der Waals surface area contributed by atoms with Crippen LogP contribution in [0.15, 0.2) is 87.1 Å². The summed E-state index contributed by atoms with van der Waals surface area (Å²) >= 11 is 2.77. The number of fused-ring (bicyclic) bond motifs is 1. The number of carbonyl (C=O) groups excluding carboxylic acids is 2. The smallest absolute Gasteiger partial charge is 0.271 e. The maximum atomic E-state index is 14.0. The largest absolute Gasteiger partial charge is 0.490 e. The fourth-order valence-electron chi connectivity index (χ4n) is 5.40. The van der Waals surface area contributed by atoms with Gasteiger partial charge in [-0.05, 0) is 74.0 Å². The number of para-hydroxylation sites is 1. The molecule has 0 saturated carbocycles. The van der Waals surface area contributed by atoms with Gasteiger partial charge in [-0.15, -0.1) is 11.3 Å². The normalized spacial score (nSPS) is 16.5. The van der Waals surface area contributed by atoms with Gasteiger partial charge in [0.05, 0.1) is 22.4 Å². The van der Waals surface area contributed by atoms with Crippen molar-refractivity contribution in [3.8, 4) is 11.5 Å². The van der Waals surface area contributed by atoms with Gasteiger partial charge in [0.15, 0.2) is 22.9 Å². The Morgan fingerprint density at radius 3 is 2.57 bits per heavy atom. The van der Waals surface area contributed by atoms with Crippen molar-refractivity contribution < 1.29 is 19.1 Å². The second kappa shape index (κ2) is 13.0. The molecular weight excluding hydrogens is 597 g/mol. The van der Waals surface area contributed by atoms with E-state index < -0.39 is 6.04 Å². The van der Waals surface area contributed by atoms with Crippen molar-refractivity contribution in [2.75, 3.05) is 31.6 Å². The van der Waals surface area contributed by atoms with Crippen LogP contribution in [0.25, 0.3) is 6.08 Å². The molecule has 1 N–H and O–H groups in total. The van der Waals surface area contributed by atoms with Crippen LogP contribution in [0, 0.1) is 0 Å². The summed E-state index contributed by atoms with van der Waals surface area (Å²) in [6.45, 7) is 5.57. The quantitative estimate of drug-likeness (QED) is 0.297. The first-order chi connectivity index (χ1) is 21.4. The molecule has 1 saturated heterocycles. The van der Waals surface area contributed by atoms with E-state index in [9.17, 15) is 14.4 Å². The highest BCUT2D eigenvalue weighted by Gasteiger charge is 2.33. The van der Waals surface area contributed by atoms with E-state index >= 15 is 0 Å². The Bertz CT molecular complexity index is 1890. The van der Waals surface area contributed by atoms with E-state index in [0.717, 1.165) is 36.4 Å². The number of hydrogen-bond donors (Lipinski definition) is 1. The van der Waals surface area contributed by atoms with Crippen molar-refractivity contribution in [1.29, 1.82) is 0 Å². The maximum Gasteiger partial charge on any atom is 0.271 e. The van der Waals surface area contributed by atoms with Crippen LogP contribution in [-0.4, -0.2) is 47.6 Å². The summed E-state index contributed by atoms with van der Waals surface area (Å²) in [6.07, 6.45) is 3.83. The van der Waals surface area contributed by atoms with Crippen LogP contribution in [0.2, 0.25) is 0 Å². The number of thiazole rings is 1. The molecule has 4 aromatic rings. The first-order valence-electron chi connectivity index (χ1n) is 14.5. The van der Waals surface area contributed by atoms with Gasteiger partial charge in [0.1, 0.15) is 6.04 Å². The molecule has 226 valence electrons. The van der Waals surface area contributed by atoms with E-state index in [4.69, 9.17) is 14.5 Å². The number of aromatic nitrogens is 1. The summed E-state index contributed by atoms with van der Waals surface area (Å²) in [7, 11) is 0. The summed E-state index contributed by atoms with van der Waals surface area (Å²) < 4.78 is 13.8. The predicted molar refractivity (Wildman–Crippen MR) is 172 cm³/mol. The van der Waals surface area contributed by atoms with Crippen LogP contribution < -0.4 is 29.7 Å². The molecule has 11 heteroatoms. The third-order valence-electron chi connectivity index (χ3n) is 7.49. The highest BCUT2D eigenvalue weighted by molar-refractivity contribution is 7.10. The predicted octanol–water partition coefficient (Wildman–Crippen LogP) is 4.34. The molecule has 9 nitrogen and oxygen atoms in total. The Morgan fingerprint density at radius 2 is 1.84 bits per heavy atom. The number of anilines is 1. The van der Waals surface area contributed by atoms with Crippen LogP contribution in [0.1, 0.15) is 43.2 Å². The Morgan fingerprint density at radius 1 is 1.05 bits per heavy atom. The number of hydrogen-bond acceptors (Lipinski definition) is 8. The van der Waals surface area contributed by atoms with E-state index in [1.165, 1.54) is 22.7 Å². The summed E-state index contributed by atoms with van der Waals surface area (Å²) in [4.78, 5) is 48.0. The molecule has 0 unspecified atom stereocenters. The fraction of sp³-hybridized carbons (Fsp3) is 0.273. The highest BCUT2D eigenvalue weighted by atomic mass is 32.1. The minimum absolute atomic E-state index is 0.0393. The number of nitrogens with zero attached hydrogens (tertiary/aromatic N) is 3. The van der Waals surface area contributed by atoms with Crippen molar-refractivity contribution in [3.63, 3.8) is 0 Å². The van der Waals surface area contributed by atoms with E-state index in [2.05, 4.69) is 5.32 Å². The van der Waals surface area contributed by atoms with E-state index in [1.54, 1.807) is 29.7 Å². The lowest BCUT2D eigenvalue weighted by atomic mass is 10.0. The topological polar surface area (TPSA) is 102 Å². The van der Waals surface area contributed by atoms with Gasteiger partial charge in [-0.1, -0.05) is 41.7 Å². The average molecular weight is 629 g/mol. The molecule has 1 atom stereocenters. The molecule has 4 heterocycles. The number of rotatable bonds is 9. The fourth-order valence-corrected chi connectivity index (χ4v) is 7.27. The number of carbonyl (C=O) groups is 2. The van der Waals surface area contributed by atoms with Gasteiger partial charge >= 0.3 is 0 Å². The number of nitrogens with one attached hydrogen (secondary N) is 1. The van der Waals surface area contributed by atoms with Gasteiger partial charge in [0.2, 0.25) is 0 Å². The van der Waals surface area contributed by atoms with Gasteiger partial charge in [-0.25, -0.2) is 4.99 Å². The minimum Gasteiger partial charge on any atom is -0.490 e. The molecule has 0 aliphatic carbocycles. The summed E-state index contributed by atoms with van der Waals surface area (Å²) in [6, 6.07) is 17.9. The minimum atomic E-state index is -0.611. The van der Waals surface area contributed by atoms with Crippen molar-refractivity contribution in [1.82, 2.24) is 9.47 Å². The highest BCUT2D eigenvalue weighted by Crippen LogP contribution is 2.33. The van der Waals surface area contributed by atoms with Crippen LogP contribution in [-0.2, 0) is 9.59 Å². The standard InChI is InChI=1S/C33H32N4O5S2/c1-3-41-25-18-22(13-14-24(25)42-20-28(38)36-15-7-8-16-36)19-27-32(40)37-30(26-12-9-17-43-26)29(21(2)34-33(37)44-27)31(39)35-23-10-5-4-6-11-23/h4-6,9-14,17-19,30H,3,7-8,15-16,20H2,1-2H3,(H,35,39)/b27-19+/t30-/m0/s1. The Hall–Kier alpha value is -4.48. The zero-order valence-electron chi connectivity index (χ0n) is 24.4. The van der Waals surface area contributed by atoms with Gasteiger partial charge in [-0.2, -0.15) is 0 Å². The molecule has 2 aliphatic heterocycles. The molecular formula is C33H32N4O5S2. The lowest BCUT2D eigenvalue weighted by Gasteiger charge is -2.24. The Balaban J connectivity index is 1.33. The molecule has 0 radical (unpaired) electrons. The molecule has 44 heavy (non-hydrogen) atoms. The second-order valence-electron chi connectivity index (χ2n) is 10.4. The Labute approximate surface area is 262 Å². The van der Waals surface area contributed by atoms with Gasteiger partial charge < -0.3 is 19.7 Å². The van der Waals surface area contributed by atoms with Gasteiger partial charge in [0, 0.05) is 23.7 Å². The number of ether oxygens (including phenoxy) is 2. The van der Waals surface area contributed by atoms with Gasteiger partial charge in [-0.3, -0.25) is 19.0 Å². The third-order valence-corrected chi connectivity index (χ3v) is 9.39. The molecule has 2 aliphatic rings. The molecule has 2 aromatic heterocycles. The van der Waals surface area contributed by atoms with Crippen LogP contribution >= 0.6 is 22.7 Å². The van der Waals surface area contributed by atoms with Crippen LogP contribution in [0.3, 0.4) is 0 Å².